The summed E-state index contributed by atoms with van der Waals surface area (Å²) in [7, 11) is 0. The lowest BCUT2D eigenvalue weighted by molar-refractivity contribution is 0.0940. The number of rotatable bonds is 4. The zero-order chi connectivity index (χ0) is 18.1. The van der Waals surface area contributed by atoms with Gasteiger partial charge in [-0.2, -0.15) is 10.2 Å². The topological polar surface area (TPSA) is 77.1 Å². The molecule has 0 aliphatic heterocycles. The van der Waals surface area contributed by atoms with Crippen molar-refractivity contribution >= 4 is 11.6 Å². The van der Waals surface area contributed by atoms with Gasteiger partial charge in [-0.3, -0.25) is 4.79 Å². The fraction of sp³-hybridized carbons (Fsp3) is 0.158. The quantitative estimate of drug-likeness (QED) is 0.616. The Bertz CT molecular complexity index is 1070. The van der Waals surface area contributed by atoms with Crippen LogP contribution in [0.25, 0.3) is 11.3 Å². The number of aromatic nitrogens is 5. The number of benzene rings is 1. The largest absolute Gasteiger partial charge is 0.345 e. The maximum Gasteiger partial charge on any atom is 0.257 e. The molecule has 1 N–H and O–H groups in total. The Morgan fingerprint density at radius 1 is 1.15 bits per heavy atom. The van der Waals surface area contributed by atoms with Gasteiger partial charge in [-0.25, -0.2) is 14.2 Å². The van der Waals surface area contributed by atoms with Gasteiger partial charge in [0.1, 0.15) is 5.56 Å². The van der Waals surface area contributed by atoms with Crippen LogP contribution in [0.1, 0.15) is 34.6 Å². The van der Waals surface area contributed by atoms with Crippen LogP contribution in [0.3, 0.4) is 0 Å². The molecular formula is C19H18N6O. The molecule has 3 heterocycles. The number of nitrogens with zero attached hydrogens (tertiary/aromatic N) is 5. The standard InChI is InChI=1S/C19H18N6O/c1-13(15-6-3-7-16(12-15)24-10-5-9-21-24)22-19(26)17-14(2)23-25-11-4-8-20-18(17)25/h3-13H,1-2H3,(H,22,26)/t13-/m1/s1. The zero-order valence-corrected chi connectivity index (χ0v) is 14.5. The van der Waals surface area contributed by atoms with E-state index in [1.54, 1.807) is 33.9 Å². The van der Waals surface area contributed by atoms with Crippen LogP contribution in [0, 0.1) is 6.92 Å². The van der Waals surface area contributed by atoms with Gasteiger partial charge >= 0.3 is 0 Å². The lowest BCUT2D eigenvalue weighted by atomic mass is 10.1. The number of fused-ring (bicyclic) bond motifs is 1. The summed E-state index contributed by atoms with van der Waals surface area (Å²) in [5, 5.41) is 11.6. The molecule has 0 saturated heterocycles. The molecule has 0 saturated carbocycles. The van der Waals surface area contributed by atoms with Gasteiger partial charge in [-0.05, 0) is 43.7 Å². The normalized spacial score (nSPS) is 12.2. The van der Waals surface area contributed by atoms with Crippen LogP contribution in [0.2, 0.25) is 0 Å². The summed E-state index contributed by atoms with van der Waals surface area (Å²) in [5.41, 5.74) is 3.65. The number of hydrogen-bond donors (Lipinski definition) is 1. The summed E-state index contributed by atoms with van der Waals surface area (Å²) in [5.74, 6) is -0.187. The highest BCUT2D eigenvalue weighted by molar-refractivity contribution is 6.01. The fourth-order valence-electron chi connectivity index (χ4n) is 2.97. The first-order valence-corrected chi connectivity index (χ1v) is 8.34. The van der Waals surface area contributed by atoms with Gasteiger partial charge < -0.3 is 5.32 Å². The minimum absolute atomic E-state index is 0.170. The summed E-state index contributed by atoms with van der Waals surface area (Å²) in [6.07, 6.45) is 7.06. The molecule has 7 heteroatoms. The van der Waals surface area contributed by atoms with E-state index in [1.807, 2.05) is 50.4 Å². The van der Waals surface area contributed by atoms with Crippen LogP contribution in [0.15, 0.2) is 61.2 Å². The Hall–Kier alpha value is -3.48. The van der Waals surface area contributed by atoms with Crippen molar-refractivity contribution in [2.75, 3.05) is 0 Å². The van der Waals surface area contributed by atoms with E-state index in [0.29, 0.717) is 16.9 Å². The summed E-state index contributed by atoms with van der Waals surface area (Å²) < 4.78 is 3.41. The van der Waals surface area contributed by atoms with Crippen molar-refractivity contribution in [1.82, 2.24) is 29.7 Å². The number of aryl methyl sites for hydroxylation is 1. The summed E-state index contributed by atoms with van der Waals surface area (Å²) >= 11 is 0. The highest BCUT2D eigenvalue weighted by Crippen LogP contribution is 2.19. The average molecular weight is 346 g/mol. The molecular weight excluding hydrogens is 328 g/mol. The number of amides is 1. The van der Waals surface area contributed by atoms with E-state index in [9.17, 15) is 4.79 Å². The second-order valence-corrected chi connectivity index (χ2v) is 6.09. The van der Waals surface area contributed by atoms with Crippen molar-refractivity contribution < 1.29 is 4.79 Å². The fourth-order valence-corrected chi connectivity index (χ4v) is 2.97. The zero-order valence-electron chi connectivity index (χ0n) is 14.5. The monoisotopic (exact) mass is 346 g/mol. The molecule has 7 nitrogen and oxygen atoms in total. The van der Waals surface area contributed by atoms with Crippen molar-refractivity contribution in [3.05, 3.63) is 78.0 Å². The molecule has 1 atom stereocenters. The van der Waals surface area contributed by atoms with Gasteiger partial charge in [0.15, 0.2) is 5.65 Å². The minimum atomic E-state index is -0.187. The summed E-state index contributed by atoms with van der Waals surface area (Å²) in [6, 6.07) is 11.4. The van der Waals surface area contributed by atoms with Crippen LogP contribution >= 0.6 is 0 Å². The van der Waals surface area contributed by atoms with Crippen LogP contribution in [0.5, 0.6) is 0 Å². The third kappa shape index (κ3) is 2.83. The molecule has 0 unspecified atom stereocenters. The average Bonchev–Trinajstić information content (AvgIpc) is 3.28. The molecule has 130 valence electrons. The first-order chi connectivity index (χ1) is 12.6. The Kier molecular flexibility index (Phi) is 3.96. The van der Waals surface area contributed by atoms with Crippen molar-refractivity contribution in [2.24, 2.45) is 0 Å². The van der Waals surface area contributed by atoms with E-state index in [4.69, 9.17) is 0 Å². The van der Waals surface area contributed by atoms with Gasteiger partial charge in [0.25, 0.3) is 5.91 Å². The molecule has 1 aromatic carbocycles. The molecule has 0 spiro atoms. The predicted octanol–water partition coefficient (Wildman–Crippen LogP) is 2.71. The van der Waals surface area contributed by atoms with Crippen LogP contribution < -0.4 is 5.32 Å². The van der Waals surface area contributed by atoms with Crippen molar-refractivity contribution in [1.29, 1.82) is 0 Å². The smallest absolute Gasteiger partial charge is 0.257 e. The number of nitrogens with one attached hydrogen (secondary N) is 1. The van der Waals surface area contributed by atoms with Crippen LogP contribution in [-0.4, -0.2) is 30.3 Å². The Balaban J connectivity index is 1.60. The van der Waals surface area contributed by atoms with Crippen LogP contribution in [-0.2, 0) is 0 Å². The van der Waals surface area contributed by atoms with Crippen LogP contribution in [0.4, 0.5) is 0 Å². The number of carbonyl (C=O) groups excluding carboxylic acids is 1. The molecule has 1 amide bonds. The van der Waals surface area contributed by atoms with Gasteiger partial charge in [-0.15, -0.1) is 0 Å². The number of hydrogen-bond acceptors (Lipinski definition) is 4. The van der Waals surface area contributed by atoms with Crippen molar-refractivity contribution in [3.8, 4) is 5.69 Å². The third-order valence-electron chi connectivity index (χ3n) is 4.28. The lowest BCUT2D eigenvalue weighted by Gasteiger charge is -2.15. The van der Waals surface area contributed by atoms with Gasteiger partial charge in [0.2, 0.25) is 0 Å². The van der Waals surface area contributed by atoms with Gasteiger partial charge in [0, 0.05) is 24.8 Å². The second-order valence-electron chi connectivity index (χ2n) is 6.09. The molecule has 0 fully saturated rings. The maximum atomic E-state index is 12.8. The van der Waals surface area contributed by atoms with E-state index in [1.165, 1.54) is 0 Å². The predicted molar refractivity (Wildman–Crippen MR) is 97.2 cm³/mol. The molecule has 4 aromatic rings. The minimum Gasteiger partial charge on any atom is -0.345 e. The summed E-state index contributed by atoms with van der Waals surface area (Å²) in [6.45, 7) is 3.77. The third-order valence-corrected chi connectivity index (χ3v) is 4.28. The highest BCUT2D eigenvalue weighted by Gasteiger charge is 2.20. The molecule has 0 aliphatic carbocycles. The highest BCUT2D eigenvalue weighted by atomic mass is 16.1. The lowest BCUT2D eigenvalue weighted by Crippen LogP contribution is -2.27. The van der Waals surface area contributed by atoms with Gasteiger partial charge in [0.05, 0.1) is 17.4 Å². The van der Waals surface area contributed by atoms with E-state index in [-0.39, 0.29) is 11.9 Å². The second kappa shape index (κ2) is 6.44. The van der Waals surface area contributed by atoms with Crippen molar-refractivity contribution in [2.45, 2.75) is 19.9 Å². The number of carbonyl (C=O) groups is 1. The molecule has 0 bridgehead atoms. The maximum absolute atomic E-state index is 12.8. The van der Waals surface area contributed by atoms with Gasteiger partial charge in [-0.1, -0.05) is 12.1 Å². The molecule has 4 rings (SSSR count). The molecule has 26 heavy (non-hydrogen) atoms. The van der Waals surface area contributed by atoms with E-state index < -0.39 is 0 Å². The SMILES string of the molecule is Cc1nn2cccnc2c1C(=O)N[C@H](C)c1cccc(-n2cccn2)c1. The molecule has 3 aromatic heterocycles. The Morgan fingerprint density at radius 3 is 2.81 bits per heavy atom. The van der Waals surface area contributed by atoms with E-state index in [0.717, 1.165) is 11.3 Å². The Morgan fingerprint density at radius 2 is 2.00 bits per heavy atom. The first-order valence-electron chi connectivity index (χ1n) is 8.34. The summed E-state index contributed by atoms with van der Waals surface area (Å²) in [4.78, 5) is 17.1. The first kappa shape index (κ1) is 16.0. The molecule has 0 radical (unpaired) electrons. The van der Waals surface area contributed by atoms with E-state index in [2.05, 4.69) is 20.5 Å². The molecule has 0 aliphatic rings. The Labute approximate surface area is 150 Å². The van der Waals surface area contributed by atoms with E-state index >= 15 is 0 Å². The van der Waals surface area contributed by atoms with Crippen molar-refractivity contribution in [3.63, 3.8) is 0 Å².